The van der Waals surface area contributed by atoms with Crippen molar-refractivity contribution >= 4 is 33.3 Å². The van der Waals surface area contributed by atoms with E-state index >= 15 is 0 Å². The summed E-state index contributed by atoms with van der Waals surface area (Å²) in [7, 11) is -3.88. The number of sulfonamides is 1. The maximum absolute atomic E-state index is 14.1. The zero-order valence-corrected chi connectivity index (χ0v) is 19.6. The molecule has 0 spiro atoms. The number of aliphatic hydroxyl groups is 1. The van der Waals surface area contributed by atoms with Crippen LogP contribution in [0, 0.1) is 5.82 Å². The van der Waals surface area contributed by atoms with E-state index < -0.39 is 51.3 Å². The zero-order valence-electron chi connectivity index (χ0n) is 18.8. The van der Waals surface area contributed by atoms with E-state index in [0.29, 0.717) is 5.56 Å². The summed E-state index contributed by atoms with van der Waals surface area (Å²) in [6, 6.07) is 6.49. The van der Waals surface area contributed by atoms with E-state index in [0.717, 1.165) is 24.5 Å². The lowest BCUT2D eigenvalue weighted by atomic mass is 9.74. The molecule has 0 saturated heterocycles. The third kappa shape index (κ3) is 5.56. The van der Waals surface area contributed by atoms with Crippen molar-refractivity contribution < 1.29 is 45.4 Å². The molecule has 1 amide bonds. The summed E-state index contributed by atoms with van der Waals surface area (Å²) in [6.45, 7) is 2.29. The molecule has 0 fully saturated rings. The Morgan fingerprint density at radius 3 is 2.40 bits per heavy atom. The Balaban J connectivity index is 1.97. The maximum atomic E-state index is 14.1. The summed E-state index contributed by atoms with van der Waals surface area (Å²) >= 11 is 0. The summed E-state index contributed by atoms with van der Waals surface area (Å²) in [5.74, 6) is -3.28. The highest BCUT2D eigenvalue weighted by atomic mass is 32.2. The first-order chi connectivity index (χ1) is 15.9. The molecule has 2 aromatic carbocycles. The normalized spacial score (nSPS) is 15.7. The highest BCUT2D eigenvalue weighted by Crippen LogP contribution is 2.44. The first-order valence-corrected chi connectivity index (χ1v) is 12.0. The number of nitrogens with one attached hydrogen (secondary N) is 2. The smallest absolute Gasteiger partial charge is 0.426 e. The number of amides is 1. The van der Waals surface area contributed by atoms with Crippen molar-refractivity contribution in [3.8, 4) is 0 Å². The fourth-order valence-corrected chi connectivity index (χ4v) is 4.43. The van der Waals surface area contributed by atoms with Crippen molar-refractivity contribution in [3.05, 3.63) is 58.9 Å². The van der Waals surface area contributed by atoms with Crippen LogP contribution >= 0.6 is 0 Å². The summed E-state index contributed by atoms with van der Waals surface area (Å²) in [5.41, 5.74) is -5.67. The van der Waals surface area contributed by atoms with Gasteiger partial charge in [0.25, 0.3) is 5.91 Å². The number of fused-ring (bicyclic) bond motifs is 1. The molecule has 1 unspecified atom stereocenters. The Bertz CT molecular complexity index is 1290. The molecule has 3 rings (SSSR count). The first-order valence-electron chi connectivity index (χ1n) is 10.1. The average Bonchev–Trinajstić information content (AvgIpc) is 3.07. The van der Waals surface area contributed by atoms with Crippen molar-refractivity contribution in [1.82, 2.24) is 0 Å². The van der Waals surface area contributed by atoms with Crippen molar-refractivity contribution in [2.75, 3.05) is 16.3 Å². The van der Waals surface area contributed by atoms with Crippen LogP contribution in [0.5, 0.6) is 0 Å². The van der Waals surface area contributed by atoms with Crippen molar-refractivity contribution in [2.24, 2.45) is 0 Å². The third-order valence-corrected chi connectivity index (χ3v) is 6.08. The summed E-state index contributed by atoms with van der Waals surface area (Å²) in [4.78, 5) is 24.3. The number of carbonyl (C=O) groups is 2. The van der Waals surface area contributed by atoms with Gasteiger partial charge in [0.15, 0.2) is 0 Å². The van der Waals surface area contributed by atoms with Crippen LogP contribution in [-0.4, -0.2) is 43.4 Å². The lowest BCUT2D eigenvalue weighted by Crippen LogP contribution is -2.57. The standard InChI is InChI=1S/C22H22F4N2O6S/c1-20(2,16-9-13(23)4-7-17(16)28-35(3,32)33)11-21(31,22(24,25)26)19(30)27-14-5-6-15-12(8-14)10-34-18(15)29/h4-9,28,31H,10-11H2,1-3H3,(H,27,30). The van der Waals surface area contributed by atoms with E-state index in [2.05, 4.69) is 4.72 Å². The number of halogens is 4. The predicted octanol–water partition coefficient (Wildman–Crippen LogP) is 3.47. The number of esters is 1. The van der Waals surface area contributed by atoms with Gasteiger partial charge in [0.1, 0.15) is 12.4 Å². The van der Waals surface area contributed by atoms with Gasteiger partial charge in [0.2, 0.25) is 15.6 Å². The van der Waals surface area contributed by atoms with Crippen molar-refractivity contribution in [1.29, 1.82) is 0 Å². The number of hydrogen-bond acceptors (Lipinski definition) is 6. The minimum atomic E-state index is -5.46. The van der Waals surface area contributed by atoms with Gasteiger partial charge in [-0.1, -0.05) is 13.8 Å². The van der Waals surface area contributed by atoms with E-state index in [1.54, 1.807) is 0 Å². The number of alkyl halides is 3. The van der Waals surface area contributed by atoms with E-state index in [-0.39, 0.29) is 29.1 Å². The Morgan fingerprint density at radius 2 is 1.80 bits per heavy atom. The molecule has 0 aliphatic carbocycles. The van der Waals surface area contributed by atoms with Crippen LogP contribution in [-0.2, 0) is 31.6 Å². The van der Waals surface area contributed by atoms with Gasteiger partial charge in [0.05, 0.1) is 17.5 Å². The van der Waals surface area contributed by atoms with E-state index in [1.165, 1.54) is 32.0 Å². The van der Waals surface area contributed by atoms with Gasteiger partial charge >= 0.3 is 12.1 Å². The summed E-state index contributed by atoms with van der Waals surface area (Å²) in [5, 5.41) is 12.7. The topological polar surface area (TPSA) is 122 Å². The molecule has 2 aromatic rings. The number of cyclic esters (lactones) is 1. The molecule has 8 nitrogen and oxygen atoms in total. The molecule has 35 heavy (non-hydrogen) atoms. The molecule has 190 valence electrons. The van der Waals surface area contributed by atoms with Crippen LogP contribution in [0.25, 0.3) is 0 Å². The van der Waals surface area contributed by atoms with Crippen LogP contribution < -0.4 is 10.0 Å². The Labute approximate surface area is 198 Å². The summed E-state index contributed by atoms with van der Waals surface area (Å²) in [6.07, 6.45) is -5.92. The van der Waals surface area contributed by atoms with Crippen molar-refractivity contribution in [3.63, 3.8) is 0 Å². The van der Waals surface area contributed by atoms with Crippen LogP contribution in [0.1, 0.15) is 41.8 Å². The summed E-state index contributed by atoms with van der Waals surface area (Å²) < 4.78 is 86.5. The minimum Gasteiger partial charge on any atom is -0.457 e. The van der Waals surface area contributed by atoms with Crippen LogP contribution in [0.2, 0.25) is 0 Å². The van der Waals surface area contributed by atoms with Gasteiger partial charge in [-0.15, -0.1) is 0 Å². The molecule has 0 saturated carbocycles. The van der Waals surface area contributed by atoms with Gasteiger partial charge in [-0.2, -0.15) is 13.2 Å². The third-order valence-electron chi connectivity index (χ3n) is 5.49. The number of rotatable bonds is 7. The molecule has 0 radical (unpaired) electrons. The molecular weight excluding hydrogens is 496 g/mol. The molecule has 1 atom stereocenters. The molecule has 1 aliphatic heterocycles. The van der Waals surface area contributed by atoms with Gasteiger partial charge in [-0.25, -0.2) is 17.6 Å². The predicted molar refractivity (Wildman–Crippen MR) is 118 cm³/mol. The number of carbonyl (C=O) groups excluding carboxylic acids is 2. The second kappa shape index (κ2) is 8.79. The van der Waals surface area contributed by atoms with Crippen molar-refractivity contribution in [2.45, 2.75) is 44.1 Å². The van der Waals surface area contributed by atoms with Gasteiger partial charge in [-0.3, -0.25) is 9.52 Å². The second-order valence-corrected chi connectivity index (χ2v) is 10.6. The first kappa shape index (κ1) is 26.4. The Morgan fingerprint density at radius 1 is 1.14 bits per heavy atom. The van der Waals surface area contributed by atoms with E-state index in [4.69, 9.17) is 4.74 Å². The second-order valence-electron chi connectivity index (χ2n) is 8.89. The van der Waals surface area contributed by atoms with Crippen LogP contribution in [0.15, 0.2) is 36.4 Å². The number of anilines is 2. The maximum Gasteiger partial charge on any atom is 0.426 e. The Kier molecular flexibility index (Phi) is 6.63. The molecule has 0 aromatic heterocycles. The molecule has 1 aliphatic rings. The van der Waals surface area contributed by atoms with E-state index in [9.17, 15) is 40.7 Å². The number of hydrogen-bond donors (Lipinski definition) is 3. The quantitative estimate of drug-likeness (QED) is 0.381. The lowest BCUT2D eigenvalue weighted by Gasteiger charge is -2.37. The zero-order chi connectivity index (χ0) is 26.4. The highest BCUT2D eigenvalue weighted by molar-refractivity contribution is 7.92. The minimum absolute atomic E-state index is 0.113. The Hall–Kier alpha value is -3.19. The van der Waals surface area contributed by atoms with Crippen LogP contribution in [0.3, 0.4) is 0 Å². The highest BCUT2D eigenvalue weighted by Gasteiger charge is 2.61. The fourth-order valence-electron chi connectivity index (χ4n) is 3.85. The number of benzene rings is 2. The van der Waals surface area contributed by atoms with Gasteiger partial charge in [-0.05, 0) is 47.4 Å². The van der Waals surface area contributed by atoms with Gasteiger partial charge < -0.3 is 15.2 Å². The van der Waals surface area contributed by atoms with Crippen LogP contribution in [0.4, 0.5) is 28.9 Å². The largest absolute Gasteiger partial charge is 0.457 e. The molecule has 1 heterocycles. The van der Waals surface area contributed by atoms with E-state index in [1.807, 2.05) is 5.32 Å². The fraction of sp³-hybridized carbons (Fsp3) is 0.364. The molecule has 0 bridgehead atoms. The monoisotopic (exact) mass is 518 g/mol. The van der Waals surface area contributed by atoms with Gasteiger partial charge in [0, 0.05) is 17.7 Å². The molecule has 3 N–H and O–H groups in total. The molecular formula is C22H22F4N2O6S. The molecule has 13 heteroatoms. The SMILES string of the molecule is CC(C)(CC(O)(C(=O)Nc1ccc2c(c1)COC2=O)C(F)(F)F)c1cc(F)ccc1NS(C)(=O)=O. The lowest BCUT2D eigenvalue weighted by molar-refractivity contribution is -0.254. The number of ether oxygens (including phenoxy) is 1. The average molecular weight is 518 g/mol.